The quantitative estimate of drug-likeness (QED) is 0.700. The van der Waals surface area contributed by atoms with Gasteiger partial charge < -0.3 is 5.73 Å². The number of aromatic nitrogens is 4. The van der Waals surface area contributed by atoms with Crippen LogP contribution in [0.15, 0.2) is 30.3 Å². The van der Waals surface area contributed by atoms with E-state index in [2.05, 4.69) is 9.97 Å². The summed E-state index contributed by atoms with van der Waals surface area (Å²) in [6.45, 7) is 0.464. The van der Waals surface area contributed by atoms with Crippen molar-refractivity contribution in [2.75, 3.05) is 0 Å². The van der Waals surface area contributed by atoms with E-state index in [1.54, 1.807) is 23.9 Å². The van der Waals surface area contributed by atoms with Crippen LogP contribution in [0, 0.1) is 0 Å². The maximum Gasteiger partial charge on any atom is 0.195 e. The van der Waals surface area contributed by atoms with Crippen LogP contribution in [0.25, 0.3) is 10.8 Å². The number of thiazole rings is 1. The summed E-state index contributed by atoms with van der Waals surface area (Å²) in [7, 11) is 0. The van der Waals surface area contributed by atoms with Crippen LogP contribution in [0.5, 0.6) is 0 Å². The molecule has 0 spiro atoms. The first kappa shape index (κ1) is 8.63. The topological polar surface area (TPSA) is 61.1 Å². The first-order valence-electron chi connectivity index (χ1n) is 4.53. The number of nitrogens with two attached hydrogens (primary N) is 1. The van der Waals surface area contributed by atoms with Crippen molar-refractivity contribution in [1.29, 1.82) is 0 Å². The highest BCUT2D eigenvalue weighted by Gasteiger charge is 2.12. The first-order chi connectivity index (χ1) is 7.40. The molecule has 5 nitrogen and oxygen atoms in total. The van der Waals surface area contributed by atoms with Gasteiger partial charge in [-0.3, -0.25) is 8.97 Å². The van der Waals surface area contributed by atoms with Gasteiger partial charge in [0.15, 0.2) is 10.8 Å². The fourth-order valence-electron chi connectivity index (χ4n) is 1.60. The average molecular weight is 219 g/mol. The predicted molar refractivity (Wildman–Crippen MR) is 58.1 cm³/mol. The number of hydrogen-bond acceptors (Lipinski definition) is 4. The highest BCUT2D eigenvalue weighted by Crippen LogP contribution is 2.19. The maximum absolute atomic E-state index is 5.74. The van der Waals surface area contributed by atoms with Crippen LogP contribution in [-0.2, 0) is 6.54 Å². The van der Waals surface area contributed by atoms with Crippen molar-refractivity contribution in [3.63, 3.8) is 0 Å². The van der Waals surface area contributed by atoms with Gasteiger partial charge in [0.25, 0.3) is 0 Å². The standard InChI is InChI=1S/C9H9N5S/c10-5-7-8(13-2-1-11-6-13)12-9-14(7)3-4-15-9/h1-4,6H,5,10H2. The second kappa shape index (κ2) is 3.18. The second-order valence-electron chi connectivity index (χ2n) is 3.11. The zero-order chi connectivity index (χ0) is 10.3. The Balaban J connectivity index is 2.30. The minimum atomic E-state index is 0.464. The molecule has 0 aromatic carbocycles. The molecule has 0 fully saturated rings. The number of fused-ring (bicyclic) bond motifs is 1. The van der Waals surface area contributed by atoms with Gasteiger partial charge in [-0.2, -0.15) is 0 Å². The Kier molecular flexibility index (Phi) is 1.83. The molecule has 3 aromatic rings. The Labute approximate surface area is 89.8 Å². The van der Waals surface area contributed by atoms with Crippen LogP contribution < -0.4 is 5.73 Å². The van der Waals surface area contributed by atoms with Gasteiger partial charge in [-0.15, -0.1) is 11.3 Å². The third kappa shape index (κ3) is 1.19. The van der Waals surface area contributed by atoms with Crippen molar-refractivity contribution in [3.8, 4) is 5.82 Å². The molecule has 0 bridgehead atoms. The summed E-state index contributed by atoms with van der Waals surface area (Å²) in [6.07, 6.45) is 7.31. The largest absolute Gasteiger partial charge is 0.325 e. The maximum atomic E-state index is 5.74. The third-order valence-electron chi connectivity index (χ3n) is 2.28. The molecule has 0 aliphatic carbocycles. The SMILES string of the molecule is NCc1c(-n2ccnc2)nc2sccn12. The van der Waals surface area contributed by atoms with E-state index >= 15 is 0 Å². The Morgan fingerprint density at radius 3 is 3.07 bits per heavy atom. The van der Waals surface area contributed by atoms with E-state index in [9.17, 15) is 0 Å². The summed E-state index contributed by atoms with van der Waals surface area (Å²) in [6, 6.07) is 0. The Hall–Kier alpha value is -1.66. The Bertz CT molecular complexity index is 577. The lowest BCUT2D eigenvalue weighted by molar-refractivity contribution is 0.914. The monoisotopic (exact) mass is 219 g/mol. The smallest absolute Gasteiger partial charge is 0.195 e. The molecule has 3 aromatic heterocycles. The lowest BCUT2D eigenvalue weighted by atomic mass is 10.4. The molecule has 0 saturated heterocycles. The van der Waals surface area contributed by atoms with E-state index in [0.717, 1.165) is 16.5 Å². The molecular formula is C9H9N5S. The molecule has 2 N–H and O–H groups in total. The van der Waals surface area contributed by atoms with E-state index in [-0.39, 0.29) is 0 Å². The van der Waals surface area contributed by atoms with Crippen LogP contribution in [0.4, 0.5) is 0 Å². The molecule has 0 saturated carbocycles. The number of rotatable bonds is 2. The van der Waals surface area contributed by atoms with Gasteiger partial charge in [0, 0.05) is 30.5 Å². The van der Waals surface area contributed by atoms with Gasteiger partial charge in [-0.25, -0.2) is 9.97 Å². The average Bonchev–Trinajstić information content (AvgIpc) is 2.93. The van der Waals surface area contributed by atoms with Crippen LogP contribution in [0.1, 0.15) is 5.69 Å². The number of imidazole rings is 2. The molecule has 0 aliphatic heterocycles. The molecule has 76 valence electrons. The van der Waals surface area contributed by atoms with Crippen molar-refractivity contribution in [3.05, 3.63) is 36.0 Å². The van der Waals surface area contributed by atoms with E-state index in [1.807, 2.05) is 26.7 Å². The van der Waals surface area contributed by atoms with Gasteiger partial charge in [0.1, 0.15) is 6.33 Å². The molecule has 0 atom stereocenters. The van der Waals surface area contributed by atoms with Crippen LogP contribution in [0.2, 0.25) is 0 Å². The summed E-state index contributed by atoms with van der Waals surface area (Å²) in [4.78, 5) is 9.47. The molecule has 3 rings (SSSR count). The lowest BCUT2D eigenvalue weighted by Gasteiger charge is -2.00. The number of hydrogen-bond donors (Lipinski definition) is 1. The minimum Gasteiger partial charge on any atom is -0.325 e. The van der Waals surface area contributed by atoms with Crippen molar-refractivity contribution in [2.24, 2.45) is 5.73 Å². The van der Waals surface area contributed by atoms with Crippen molar-refractivity contribution in [1.82, 2.24) is 18.9 Å². The summed E-state index contributed by atoms with van der Waals surface area (Å²) >= 11 is 1.60. The summed E-state index contributed by atoms with van der Waals surface area (Å²) in [5.41, 5.74) is 6.74. The van der Waals surface area contributed by atoms with E-state index < -0.39 is 0 Å². The van der Waals surface area contributed by atoms with Crippen LogP contribution in [0.3, 0.4) is 0 Å². The van der Waals surface area contributed by atoms with Crippen molar-refractivity contribution in [2.45, 2.75) is 6.54 Å². The molecule has 3 heterocycles. The minimum absolute atomic E-state index is 0.464. The van der Waals surface area contributed by atoms with Gasteiger partial charge in [0.05, 0.1) is 5.69 Å². The van der Waals surface area contributed by atoms with Gasteiger partial charge in [-0.05, 0) is 0 Å². The highest BCUT2D eigenvalue weighted by molar-refractivity contribution is 7.15. The van der Waals surface area contributed by atoms with E-state index in [4.69, 9.17) is 5.73 Å². The van der Waals surface area contributed by atoms with Crippen LogP contribution >= 0.6 is 11.3 Å². The normalized spacial score (nSPS) is 11.3. The van der Waals surface area contributed by atoms with Crippen molar-refractivity contribution >= 4 is 16.3 Å². The summed E-state index contributed by atoms with van der Waals surface area (Å²) in [5, 5.41) is 2.00. The van der Waals surface area contributed by atoms with Crippen LogP contribution in [-0.4, -0.2) is 18.9 Å². The molecule has 0 unspecified atom stereocenters. The van der Waals surface area contributed by atoms with E-state index in [1.165, 1.54) is 0 Å². The molecule has 0 aliphatic rings. The van der Waals surface area contributed by atoms with Gasteiger partial charge in [-0.1, -0.05) is 0 Å². The van der Waals surface area contributed by atoms with Crippen molar-refractivity contribution < 1.29 is 0 Å². The summed E-state index contributed by atoms with van der Waals surface area (Å²) in [5.74, 6) is 0.863. The molecular weight excluding hydrogens is 210 g/mol. The lowest BCUT2D eigenvalue weighted by Crippen LogP contribution is -2.04. The van der Waals surface area contributed by atoms with Gasteiger partial charge >= 0.3 is 0 Å². The first-order valence-corrected chi connectivity index (χ1v) is 5.41. The highest BCUT2D eigenvalue weighted by atomic mass is 32.1. The predicted octanol–water partition coefficient (Wildman–Crippen LogP) is 1.04. The second-order valence-corrected chi connectivity index (χ2v) is 3.98. The zero-order valence-electron chi connectivity index (χ0n) is 7.87. The third-order valence-corrected chi connectivity index (χ3v) is 3.04. The molecule has 0 radical (unpaired) electrons. The summed E-state index contributed by atoms with van der Waals surface area (Å²) < 4.78 is 3.89. The molecule has 0 amide bonds. The van der Waals surface area contributed by atoms with E-state index in [0.29, 0.717) is 6.54 Å². The Morgan fingerprint density at radius 1 is 1.40 bits per heavy atom. The molecule has 6 heteroatoms. The Morgan fingerprint density at radius 2 is 2.33 bits per heavy atom. The van der Waals surface area contributed by atoms with Gasteiger partial charge in [0.2, 0.25) is 0 Å². The zero-order valence-corrected chi connectivity index (χ0v) is 8.68. The fourth-order valence-corrected chi connectivity index (χ4v) is 2.33. The fraction of sp³-hybridized carbons (Fsp3) is 0.111. The molecule has 15 heavy (non-hydrogen) atoms. The number of nitrogens with zero attached hydrogens (tertiary/aromatic N) is 4.